The van der Waals surface area contributed by atoms with Gasteiger partial charge in [-0.05, 0) is 30.3 Å². The number of benzene rings is 1. The van der Waals surface area contributed by atoms with Gasteiger partial charge in [-0.25, -0.2) is 0 Å². The van der Waals surface area contributed by atoms with Gasteiger partial charge in [0.1, 0.15) is 0 Å². The molecule has 0 atom stereocenters. The molecule has 4 nitrogen and oxygen atoms in total. The molecule has 0 radical (unpaired) electrons. The first-order valence-electron chi connectivity index (χ1n) is 5.89. The Morgan fingerprint density at radius 1 is 1.20 bits per heavy atom. The number of thioether (sulfide) groups is 1. The van der Waals surface area contributed by atoms with Crippen LogP contribution in [0.2, 0.25) is 0 Å². The number of nitrogens with zero attached hydrogens (tertiary/aromatic N) is 1. The fraction of sp³-hybridized carbons (Fsp3) is 0.0714. The number of rotatable bonds is 4. The summed E-state index contributed by atoms with van der Waals surface area (Å²) in [7, 11) is 0. The topological polar surface area (TPSA) is 65.2 Å². The van der Waals surface area contributed by atoms with E-state index in [4.69, 9.17) is 14.7 Å². The van der Waals surface area contributed by atoms with Crippen LogP contribution in [0.4, 0.5) is 5.69 Å². The number of anilines is 1. The van der Waals surface area contributed by atoms with E-state index in [1.807, 2.05) is 36.4 Å². The van der Waals surface area contributed by atoms with Gasteiger partial charge in [-0.3, -0.25) is 0 Å². The highest BCUT2D eigenvalue weighted by Crippen LogP contribution is 2.31. The van der Waals surface area contributed by atoms with Crippen molar-refractivity contribution >= 4 is 33.4 Å². The number of aromatic nitrogens is 1. The highest BCUT2D eigenvalue weighted by Gasteiger charge is 2.10. The van der Waals surface area contributed by atoms with Gasteiger partial charge in [-0.15, -0.1) is 11.8 Å². The molecule has 0 aliphatic carbocycles. The van der Waals surface area contributed by atoms with Gasteiger partial charge in [-0.2, -0.15) is 0 Å². The third kappa shape index (κ3) is 2.91. The lowest BCUT2D eigenvalue weighted by molar-refractivity contribution is 0.413. The van der Waals surface area contributed by atoms with Crippen molar-refractivity contribution in [3.8, 4) is 11.5 Å². The summed E-state index contributed by atoms with van der Waals surface area (Å²) in [4.78, 5) is 1.02. The largest absolute Gasteiger partial charge is 0.461 e. The lowest BCUT2D eigenvalue weighted by Crippen LogP contribution is -1.89. The summed E-state index contributed by atoms with van der Waals surface area (Å²) in [6.45, 7) is 0. The van der Waals surface area contributed by atoms with Crippen molar-refractivity contribution in [1.82, 2.24) is 5.16 Å². The number of nitrogens with two attached hydrogens (primary N) is 1. The summed E-state index contributed by atoms with van der Waals surface area (Å²) >= 11 is 5.05. The van der Waals surface area contributed by atoms with E-state index in [0.717, 1.165) is 20.7 Å². The van der Waals surface area contributed by atoms with Crippen molar-refractivity contribution in [2.45, 2.75) is 10.6 Å². The molecule has 0 amide bonds. The second kappa shape index (κ2) is 5.76. The highest BCUT2D eigenvalue weighted by atomic mass is 79.9. The molecular formula is C14H11BrN2O2S. The minimum atomic E-state index is 0.632. The highest BCUT2D eigenvalue weighted by molar-refractivity contribution is 9.10. The molecule has 2 N–H and O–H groups in total. The molecule has 0 spiro atoms. The van der Waals surface area contributed by atoms with Crippen molar-refractivity contribution in [3.63, 3.8) is 0 Å². The van der Waals surface area contributed by atoms with Gasteiger partial charge in [0.15, 0.2) is 5.76 Å². The maximum absolute atomic E-state index is 5.94. The van der Waals surface area contributed by atoms with Crippen LogP contribution in [0.3, 0.4) is 0 Å². The van der Waals surface area contributed by atoms with Crippen molar-refractivity contribution in [1.29, 1.82) is 0 Å². The van der Waals surface area contributed by atoms with Gasteiger partial charge in [0, 0.05) is 26.9 Å². The summed E-state index contributed by atoms with van der Waals surface area (Å²) < 4.78 is 11.5. The normalized spacial score (nSPS) is 10.8. The molecule has 0 saturated heterocycles. The molecule has 3 rings (SSSR count). The Hall–Kier alpha value is -1.66. The molecular weight excluding hydrogens is 340 g/mol. The standard InChI is InChI=1S/C14H11BrN2O2S/c15-9-3-4-11(16)14(6-9)20-8-10-7-13(19-17-10)12-2-1-5-18-12/h1-7H,8,16H2. The van der Waals surface area contributed by atoms with Gasteiger partial charge in [0.25, 0.3) is 0 Å². The van der Waals surface area contributed by atoms with Crippen LogP contribution in [0.1, 0.15) is 5.69 Å². The quantitative estimate of drug-likeness (QED) is 0.551. The van der Waals surface area contributed by atoms with E-state index in [1.165, 1.54) is 0 Å². The Kier molecular flexibility index (Phi) is 3.84. The van der Waals surface area contributed by atoms with Crippen molar-refractivity contribution < 1.29 is 8.94 Å². The molecule has 0 saturated carbocycles. The Morgan fingerprint density at radius 3 is 2.90 bits per heavy atom. The first-order chi connectivity index (χ1) is 9.72. The predicted octanol–water partition coefficient (Wildman–Crippen LogP) is 4.57. The number of furan rings is 1. The van der Waals surface area contributed by atoms with Crippen LogP contribution in [-0.4, -0.2) is 5.16 Å². The van der Waals surface area contributed by atoms with E-state index in [1.54, 1.807) is 18.0 Å². The van der Waals surface area contributed by atoms with Crippen molar-refractivity contribution in [2.24, 2.45) is 0 Å². The van der Waals surface area contributed by atoms with Crippen LogP contribution in [0.5, 0.6) is 0 Å². The number of hydrogen-bond donors (Lipinski definition) is 1. The lowest BCUT2D eigenvalue weighted by atomic mass is 10.3. The van der Waals surface area contributed by atoms with Crippen LogP contribution in [-0.2, 0) is 5.75 Å². The average Bonchev–Trinajstić information content (AvgIpc) is 3.09. The van der Waals surface area contributed by atoms with E-state index >= 15 is 0 Å². The molecule has 102 valence electrons. The van der Waals surface area contributed by atoms with Gasteiger partial charge in [0.2, 0.25) is 5.76 Å². The number of hydrogen-bond acceptors (Lipinski definition) is 5. The van der Waals surface area contributed by atoms with Crippen LogP contribution in [0.15, 0.2) is 61.0 Å². The second-order valence-corrected chi connectivity index (χ2v) is 6.06. The second-order valence-electron chi connectivity index (χ2n) is 4.13. The van der Waals surface area contributed by atoms with E-state index < -0.39 is 0 Å². The number of halogens is 1. The summed E-state index contributed by atoms with van der Waals surface area (Å²) in [5.41, 5.74) is 7.54. The van der Waals surface area contributed by atoms with E-state index in [-0.39, 0.29) is 0 Å². The molecule has 2 aromatic heterocycles. The van der Waals surface area contributed by atoms with E-state index in [0.29, 0.717) is 17.3 Å². The zero-order valence-electron chi connectivity index (χ0n) is 10.4. The molecule has 0 fully saturated rings. The van der Waals surface area contributed by atoms with Crippen LogP contribution in [0, 0.1) is 0 Å². The molecule has 0 unspecified atom stereocenters. The molecule has 1 aromatic carbocycles. The lowest BCUT2D eigenvalue weighted by Gasteiger charge is -2.04. The molecule has 2 heterocycles. The summed E-state index contributed by atoms with van der Waals surface area (Å²) in [5, 5.41) is 4.03. The predicted molar refractivity (Wildman–Crippen MR) is 82.3 cm³/mol. The third-order valence-electron chi connectivity index (χ3n) is 2.67. The van der Waals surface area contributed by atoms with Crippen molar-refractivity contribution in [2.75, 3.05) is 5.73 Å². The molecule has 3 aromatic rings. The SMILES string of the molecule is Nc1ccc(Br)cc1SCc1cc(-c2ccco2)on1. The number of nitrogen functional groups attached to an aromatic ring is 1. The van der Waals surface area contributed by atoms with E-state index in [9.17, 15) is 0 Å². The van der Waals surface area contributed by atoms with Gasteiger partial charge in [-0.1, -0.05) is 21.1 Å². The van der Waals surface area contributed by atoms with Gasteiger partial charge < -0.3 is 14.7 Å². The molecule has 0 aliphatic rings. The van der Waals surface area contributed by atoms with Crippen molar-refractivity contribution in [3.05, 3.63) is 52.8 Å². The Balaban J connectivity index is 1.71. The Morgan fingerprint density at radius 2 is 2.10 bits per heavy atom. The maximum atomic E-state index is 5.94. The minimum Gasteiger partial charge on any atom is -0.461 e. The first-order valence-corrected chi connectivity index (χ1v) is 7.67. The summed E-state index contributed by atoms with van der Waals surface area (Å²) in [6, 6.07) is 11.3. The minimum absolute atomic E-state index is 0.632. The molecule has 0 aliphatic heterocycles. The fourth-order valence-electron chi connectivity index (χ4n) is 1.70. The Labute approximate surface area is 128 Å². The van der Waals surface area contributed by atoms with Gasteiger partial charge >= 0.3 is 0 Å². The van der Waals surface area contributed by atoms with Crippen LogP contribution < -0.4 is 5.73 Å². The van der Waals surface area contributed by atoms with E-state index in [2.05, 4.69) is 21.1 Å². The fourth-order valence-corrected chi connectivity index (χ4v) is 3.10. The zero-order chi connectivity index (χ0) is 13.9. The monoisotopic (exact) mass is 350 g/mol. The average molecular weight is 351 g/mol. The smallest absolute Gasteiger partial charge is 0.202 e. The molecule has 6 heteroatoms. The van der Waals surface area contributed by atoms with Gasteiger partial charge in [0.05, 0.1) is 12.0 Å². The van der Waals surface area contributed by atoms with Crippen LogP contribution >= 0.6 is 27.7 Å². The zero-order valence-corrected chi connectivity index (χ0v) is 12.8. The molecule has 0 bridgehead atoms. The Bertz CT molecular complexity index is 710. The van der Waals surface area contributed by atoms with Crippen LogP contribution in [0.25, 0.3) is 11.5 Å². The molecule has 20 heavy (non-hydrogen) atoms. The maximum Gasteiger partial charge on any atom is 0.202 e. The third-order valence-corrected chi connectivity index (χ3v) is 4.27. The first kappa shape index (κ1) is 13.3. The summed E-state index contributed by atoms with van der Waals surface area (Å²) in [5.74, 6) is 1.99. The summed E-state index contributed by atoms with van der Waals surface area (Å²) in [6.07, 6.45) is 1.61.